The molecular formula is C15H19FN2O3. The smallest absolute Gasteiger partial charge is 0.251 e. The number of nitrogens with zero attached hydrogens (tertiary/aromatic N) is 1. The summed E-state index contributed by atoms with van der Waals surface area (Å²) in [6, 6.07) is 3.94. The van der Waals surface area contributed by atoms with E-state index in [0.29, 0.717) is 31.4 Å². The summed E-state index contributed by atoms with van der Waals surface area (Å²) in [5, 5.41) is 2.89. The van der Waals surface area contributed by atoms with Crippen LogP contribution in [0.25, 0.3) is 0 Å². The van der Waals surface area contributed by atoms with Crippen LogP contribution in [0.15, 0.2) is 18.2 Å². The Labute approximate surface area is 123 Å². The van der Waals surface area contributed by atoms with Crippen molar-refractivity contribution in [2.45, 2.75) is 25.3 Å². The Bertz CT molecular complexity index is 548. The summed E-state index contributed by atoms with van der Waals surface area (Å²) < 4.78 is 18.2. The van der Waals surface area contributed by atoms with Crippen LogP contribution in [-0.4, -0.2) is 43.5 Å². The van der Waals surface area contributed by atoms with Crippen molar-refractivity contribution in [1.29, 1.82) is 0 Å². The normalized spacial score (nSPS) is 19.1. The predicted octanol–water partition coefficient (Wildman–Crippen LogP) is 1.57. The molecule has 1 aliphatic rings. The molecule has 2 amide bonds. The number of carbonyl (C=O) groups excluding carboxylic acids is 2. The van der Waals surface area contributed by atoms with E-state index in [2.05, 4.69) is 5.32 Å². The molecule has 0 aromatic heterocycles. The van der Waals surface area contributed by atoms with Gasteiger partial charge in [-0.25, -0.2) is 4.39 Å². The van der Waals surface area contributed by atoms with Gasteiger partial charge in [0.1, 0.15) is 0 Å². The lowest BCUT2D eigenvalue weighted by Crippen LogP contribution is -2.35. The fraction of sp³-hybridized carbons (Fsp3) is 0.467. The second-order valence-corrected chi connectivity index (χ2v) is 5.16. The maximum absolute atomic E-state index is 13.3. The number of nitrogens with one attached hydrogen (secondary N) is 1. The van der Waals surface area contributed by atoms with Gasteiger partial charge in [0.25, 0.3) is 5.91 Å². The SMILES string of the molecule is COc1cc(C(=O)NC2CCC(=O)N(C)CC2)ccc1F. The van der Waals surface area contributed by atoms with Crippen LogP contribution in [0, 0.1) is 5.82 Å². The molecular weight excluding hydrogens is 275 g/mol. The van der Waals surface area contributed by atoms with Gasteiger partial charge in [0.15, 0.2) is 11.6 Å². The number of ether oxygens (including phenoxy) is 1. The Hall–Kier alpha value is -2.11. The molecule has 2 rings (SSSR count). The largest absolute Gasteiger partial charge is 0.494 e. The van der Waals surface area contributed by atoms with Gasteiger partial charge >= 0.3 is 0 Å². The van der Waals surface area contributed by atoms with Crippen molar-refractivity contribution < 1.29 is 18.7 Å². The van der Waals surface area contributed by atoms with E-state index < -0.39 is 5.82 Å². The van der Waals surface area contributed by atoms with Gasteiger partial charge in [-0.3, -0.25) is 9.59 Å². The number of carbonyl (C=O) groups is 2. The molecule has 1 aromatic carbocycles. The standard InChI is InChI=1S/C15H19FN2O3/c1-18-8-7-11(4-6-14(18)19)17-15(20)10-3-5-12(16)13(9-10)21-2/h3,5,9,11H,4,6-8H2,1-2H3,(H,17,20). The third-order valence-electron chi connectivity index (χ3n) is 3.69. The molecule has 1 unspecified atom stereocenters. The van der Waals surface area contributed by atoms with Crippen LogP contribution < -0.4 is 10.1 Å². The van der Waals surface area contributed by atoms with Gasteiger partial charge in [-0.1, -0.05) is 0 Å². The van der Waals surface area contributed by atoms with Crippen molar-refractivity contribution in [1.82, 2.24) is 10.2 Å². The molecule has 0 saturated carbocycles. The molecule has 0 aliphatic carbocycles. The summed E-state index contributed by atoms with van der Waals surface area (Å²) in [5.74, 6) is -0.653. The lowest BCUT2D eigenvalue weighted by molar-refractivity contribution is -0.129. The number of methoxy groups -OCH3 is 1. The minimum atomic E-state index is -0.504. The minimum absolute atomic E-state index is 0.0402. The van der Waals surface area contributed by atoms with Crippen molar-refractivity contribution in [3.05, 3.63) is 29.6 Å². The Morgan fingerprint density at radius 2 is 2.19 bits per heavy atom. The van der Waals surface area contributed by atoms with Gasteiger partial charge in [-0.15, -0.1) is 0 Å². The van der Waals surface area contributed by atoms with Crippen molar-refractivity contribution >= 4 is 11.8 Å². The molecule has 1 fully saturated rings. The molecule has 114 valence electrons. The van der Waals surface area contributed by atoms with Crippen LogP contribution in [0.3, 0.4) is 0 Å². The molecule has 0 spiro atoms. The Morgan fingerprint density at radius 1 is 1.43 bits per heavy atom. The number of hydrogen-bond donors (Lipinski definition) is 1. The molecule has 1 N–H and O–H groups in total. The maximum Gasteiger partial charge on any atom is 0.251 e. The van der Waals surface area contributed by atoms with E-state index in [-0.39, 0.29) is 23.6 Å². The zero-order valence-electron chi connectivity index (χ0n) is 12.2. The highest BCUT2D eigenvalue weighted by Crippen LogP contribution is 2.19. The fourth-order valence-electron chi connectivity index (χ4n) is 2.32. The zero-order chi connectivity index (χ0) is 15.4. The molecule has 1 saturated heterocycles. The van der Waals surface area contributed by atoms with Crippen LogP contribution in [-0.2, 0) is 4.79 Å². The van der Waals surface area contributed by atoms with Gasteiger partial charge in [0, 0.05) is 31.6 Å². The summed E-state index contributed by atoms with van der Waals surface area (Å²) in [7, 11) is 3.12. The Balaban J connectivity index is 2.02. The molecule has 1 aliphatic heterocycles. The van der Waals surface area contributed by atoms with Crippen LogP contribution in [0.5, 0.6) is 5.75 Å². The van der Waals surface area contributed by atoms with E-state index in [1.54, 1.807) is 11.9 Å². The fourth-order valence-corrected chi connectivity index (χ4v) is 2.32. The quantitative estimate of drug-likeness (QED) is 0.920. The van der Waals surface area contributed by atoms with Crippen LogP contribution >= 0.6 is 0 Å². The first-order valence-electron chi connectivity index (χ1n) is 6.89. The molecule has 0 bridgehead atoms. The Morgan fingerprint density at radius 3 is 2.90 bits per heavy atom. The second kappa shape index (κ2) is 6.56. The van der Waals surface area contributed by atoms with Crippen LogP contribution in [0.4, 0.5) is 4.39 Å². The van der Waals surface area contributed by atoms with E-state index in [0.717, 1.165) is 0 Å². The molecule has 0 radical (unpaired) electrons. The zero-order valence-corrected chi connectivity index (χ0v) is 12.2. The van der Waals surface area contributed by atoms with Crippen LogP contribution in [0.2, 0.25) is 0 Å². The minimum Gasteiger partial charge on any atom is -0.494 e. The average Bonchev–Trinajstić information content (AvgIpc) is 2.63. The van der Waals surface area contributed by atoms with Crippen LogP contribution in [0.1, 0.15) is 29.6 Å². The molecule has 1 aromatic rings. The van der Waals surface area contributed by atoms with Crippen molar-refractivity contribution in [2.24, 2.45) is 0 Å². The lowest BCUT2D eigenvalue weighted by atomic mass is 10.1. The van der Waals surface area contributed by atoms with Crippen molar-refractivity contribution in [3.8, 4) is 5.75 Å². The van der Waals surface area contributed by atoms with E-state index in [9.17, 15) is 14.0 Å². The average molecular weight is 294 g/mol. The number of benzene rings is 1. The lowest BCUT2D eigenvalue weighted by Gasteiger charge is -2.17. The summed E-state index contributed by atoms with van der Waals surface area (Å²) in [6.45, 7) is 0.622. The third kappa shape index (κ3) is 3.71. The van der Waals surface area contributed by atoms with Gasteiger partial charge < -0.3 is 15.0 Å². The number of rotatable bonds is 3. The molecule has 21 heavy (non-hydrogen) atoms. The van der Waals surface area contributed by atoms with Gasteiger partial charge in [-0.05, 0) is 31.0 Å². The van der Waals surface area contributed by atoms with Crippen molar-refractivity contribution in [2.75, 3.05) is 20.7 Å². The van der Waals surface area contributed by atoms with Gasteiger partial charge in [-0.2, -0.15) is 0 Å². The predicted molar refractivity (Wildman–Crippen MR) is 75.7 cm³/mol. The topological polar surface area (TPSA) is 58.6 Å². The monoisotopic (exact) mass is 294 g/mol. The highest BCUT2D eigenvalue weighted by molar-refractivity contribution is 5.94. The van der Waals surface area contributed by atoms with E-state index in [1.807, 2.05) is 0 Å². The first-order chi connectivity index (χ1) is 10.0. The van der Waals surface area contributed by atoms with Crippen molar-refractivity contribution in [3.63, 3.8) is 0 Å². The van der Waals surface area contributed by atoms with Gasteiger partial charge in [0.2, 0.25) is 5.91 Å². The third-order valence-corrected chi connectivity index (χ3v) is 3.69. The maximum atomic E-state index is 13.3. The van der Waals surface area contributed by atoms with Gasteiger partial charge in [0.05, 0.1) is 7.11 Å². The second-order valence-electron chi connectivity index (χ2n) is 5.16. The van der Waals surface area contributed by atoms with E-state index in [1.165, 1.54) is 25.3 Å². The number of hydrogen-bond acceptors (Lipinski definition) is 3. The molecule has 5 nitrogen and oxygen atoms in total. The first kappa shape index (κ1) is 15.3. The first-order valence-corrected chi connectivity index (χ1v) is 6.89. The molecule has 1 heterocycles. The molecule has 1 atom stereocenters. The summed E-state index contributed by atoms with van der Waals surface area (Å²) in [4.78, 5) is 25.4. The number of halogens is 1. The summed E-state index contributed by atoms with van der Waals surface area (Å²) in [6.07, 6.45) is 1.76. The molecule has 6 heteroatoms. The number of amides is 2. The van der Waals surface area contributed by atoms with E-state index >= 15 is 0 Å². The number of likely N-dealkylation sites (tertiary alicyclic amines) is 1. The highest BCUT2D eigenvalue weighted by Gasteiger charge is 2.22. The summed E-state index contributed by atoms with van der Waals surface area (Å²) >= 11 is 0. The Kier molecular flexibility index (Phi) is 4.77. The summed E-state index contributed by atoms with van der Waals surface area (Å²) in [5.41, 5.74) is 0.345. The highest BCUT2D eigenvalue weighted by atomic mass is 19.1. The van der Waals surface area contributed by atoms with E-state index in [4.69, 9.17) is 4.74 Å².